The van der Waals surface area contributed by atoms with E-state index in [4.69, 9.17) is 0 Å². The van der Waals surface area contributed by atoms with E-state index < -0.39 is 0 Å². The molecule has 0 saturated carbocycles. The minimum Gasteiger partial charge on any atom is -0.507 e. The first-order valence-corrected chi connectivity index (χ1v) is 6.83. The number of para-hydroxylation sites is 1. The van der Waals surface area contributed by atoms with Crippen molar-refractivity contribution in [1.82, 2.24) is 0 Å². The zero-order valence-electron chi connectivity index (χ0n) is 6.26. The second-order valence-corrected chi connectivity index (χ2v) is 4.70. The van der Waals surface area contributed by atoms with Gasteiger partial charge in [0.15, 0.2) is 0 Å². The lowest BCUT2D eigenvalue weighted by Crippen LogP contribution is -1.81. The van der Waals surface area contributed by atoms with Crippen LogP contribution in [-0.4, -0.2) is 5.11 Å². The van der Waals surface area contributed by atoms with Crippen molar-refractivity contribution in [1.29, 1.82) is 0 Å². The van der Waals surface area contributed by atoms with Gasteiger partial charge in [0.2, 0.25) is 0 Å². The van der Waals surface area contributed by atoms with Gasteiger partial charge in [0, 0.05) is 6.16 Å². The Hall–Kier alpha value is -0.0700. The number of phenolic OH excluding ortho intramolecular Hbond substituents is 1. The highest BCUT2D eigenvalue weighted by molar-refractivity contribution is 9.36. The summed E-state index contributed by atoms with van der Waals surface area (Å²) in [4.78, 5) is 0. The summed E-state index contributed by atoms with van der Waals surface area (Å²) in [5.41, 5.74) is 1.98. The smallest absolute Gasteiger partial charge is 0.122 e. The van der Waals surface area contributed by atoms with Gasteiger partial charge in [0.05, 0.1) is 0 Å². The predicted molar refractivity (Wildman–Crippen MR) is 53.8 cm³/mol. The Kier molecular flexibility index (Phi) is 3.35. The van der Waals surface area contributed by atoms with Crippen LogP contribution in [0.2, 0.25) is 0 Å². The minimum absolute atomic E-state index is 0.444. The molecule has 1 atom stereocenters. The van der Waals surface area contributed by atoms with Gasteiger partial charge in [-0.15, -0.1) is 0 Å². The monoisotopic (exact) mass is 232 g/mol. The summed E-state index contributed by atoms with van der Waals surface area (Å²) < 4.78 is 0. The molecule has 0 fully saturated rings. The molecular formula is C8H10BrOP. The van der Waals surface area contributed by atoms with Gasteiger partial charge in [-0.1, -0.05) is 33.7 Å². The van der Waals surface area contributed by atoms with Gasteiger partial charge in [-0.05, 0) is 25.3 Å². The summed E-state index contributed by atoms with van der Waals surface area (Å²) in [6, 6.07) is 5.84. The van der Waals surface area contributed by atoms with E-state index in [1.54, 1.807) is 0 Å². The zero-order valence-corrected chi connectivity index (χ0v) is 8.85. The predicted octanol–water partition coefficient (Wildman–Crippen LogP) is 3.19. The van der Waals surface area contributed by atoms with E-state index in [1.165, 1.54) is 0 Å². The van der Waals surface area contributed by atoms with Crippen LogP contribution in [0.3, 0.4) is 0 Å². The number of aromatic hydroxyl groups is 1. The standard InChI is InChI=1S/C8H10BrOP/c1-6-3-2-4-7(5-11-9)8(6)10/h2-4,10-11H,5H2,1H3. The number of halogens is 1. The lowest BCUT2D eigenvalue weighted by atomic mass is 10.1. The Balaban J connectivity index is 2.96. The molecule has 0 heterocycles. The average molecular weight is 233 g/mol. The summed E-state index contributed by atoms with van der Waals surface area (Å²) >= 11 is 3.36. The molecule has 1 aromatic carbocycles. The summed E-state index contributed by atoms with van der Waals surface area (Å²) in [7, 11) is 0.680. The molecule has 1 rings (SSSR count). The molecule has 0 aliphatic rings. The third-order valence-electron chi connectivity index (χ3n) is 1.58. The van der Waals surface area contributed by atoms with Crippen LogP contribution in [0.4, 0.5) is 0 Å². The molecule has 0 aliphatic heterocycles. The fraction of sp³-hybridized carbons (Fsp3) is 0.250. The van der Waals surface area contributed by atoms with Crippen molar-refractivity contribution in [2.24, 2.45) is 0 Å². The molecule has 0 aromatic heterocycles. The van der Waals surface area contributed by atoms with E-state index in [1.807, 2.05) is 25.1 Å². The number of phenols is 1. The summed E-state index contributed by atoms with van der Waals surface area (Å²) in [5.74, 6) is 0.444. The van der Waals surface area contributed by atoms with Crippen molar-refractivity contribution in [3.8, 4) is 5.75 Å². The second kappa shape index (κ2) is 4.08. The molecule has 0 amide bonds. The normalized spacial score (nSPS) is 11.1. The van der Waals surface area contributed by atoms with E-state index in [2.05, 4.69) is 15.5 Å². The zero-order chi connectivity index (χ0) is 8.27. The molecule has 0 saturated heterocycles. The van der Waals surface area contributed by atoms with E-state index in [0.717, 1.165) is 17.3 Å². The fourth-order valence-electron chi connectivity index (χ4n) is 0.934. The lowest BCUT2D eigenvalue weighted by Gasteiger charge is -2.03. The van der Waals surface area contributed by atoms with Crippen LogP contribution in [0.5, 0.6) is 5.75 Å². The summed E-state index contributed by atoms with van der Waals surface area (Å²) in [6.45, 7) is 1.91. The quantitative estimate of drug-likeness (QED) is 0.777. The van der Waals surface area contributed by atoms with Crippen LogP contribution in [-0.2, 0) is 6.16 Å². The molecule has 0 radical (unpaired) electrons. The van der Waals surface area contributed by atoms with Crippen molar-refractivity contribution in [2.75, 3.05) is 0 Å². The van der Waals surface area contributed by atoms with E-state index in [9.17, 15) is 5.11 Å². The third kappa shape index (κ3) is 2.18. The maximum Gasteiger partial charge on any atom is 0.122 e. The summed E-state index contributed by atoms with van der Waals surface area (Å²) in [6.07, 6.45) is 0.910. The number of benzene rings is 1. The SMILES string of the molecule is Cc1cccc(CPBr)c1O. The van der Waals surface area contributed by atoms with Crippen LogP contribution in [0.25, 0.3) is 0 Å². The molecule has 1 unspecified atom stereocenters. The largest absolute Gasteiger partial charge is 0.507 e. The molecular weight excluding hydrogens is 223 g/mol. The van der Waals surface area contributed by atoms with Crippen molar-refractivity contribution < 1.29 is 5.11 Å². The van der Waals surface area contributed by atoms with Gasteiger partial charge >= 0.3 is 0 Å². The highest BCUT2D eigenvalue weighted by atomic mass is 79.9. The molecule has 0 bridgehead atoms. The average Bonchev–Trinajstić information content (AvgIpc) is 1.99. The maximum absolute atomic E-state index is 9.51. The van der Waals surface area contributed by atoms with Crippen LogP contribution >= 0.6 is 22.8 Å². The number of hydrogen-bond donors (Lipinski definition) is 1. The highest BCUT2D eigenvalue weighted by Crippen LogP contribution is 2.31. The molecule has 1 aromatic rings. The van der Waals surface area contributed by atoms with Crippen LogP contribution in [0.1, 0.15) is 11.1 Å². The second-order valence-electron chi connectivity index (χ2n) is 2.39. The topological polar surface area (TPSA) is 20.2 Å². The Bertz CT molecular complexity index is 250. The first kappa shape index (κ1) is 9.02. The number of aryl methyl sites for hydroxylation is 1. The Morgan fingerprint density at radius 3 is 2.91 bits per heavy atom. The molecule has 60 valence electrons. The molecule has 1 nitrogen and oxygen atoms in total. The Morgan fingerprint density at radius 2 is 2.27 bits per heavy atom. The van der Waals surface area contributed by atoms with Crippen LogP contribution < -0.4 is 0 Å². The molecule has 1 N–H and O–H groups in total. The Morgan fingerprint density at radius 1 is 1.55 bits per heavy atom. The first-order valence-electron chi connectivity index (χ1n) is 3.36. The Labute approximate surface area is 76.3 Å². The fourth-order valence-corrected chi connectivity index (χ4v) is 2.27. The van der Waals surface area contributed by atoms with E-state index in [-0.39, 0.29) is 0 Å². The van der Waals surface area contributed by atoms with Crippen LogP contribution in [0.15, 0.2) is 18.2 Å². The van der Waals surface area contributed by atoms with Crippen molar-refractivity contribution in [2.45, 2.75) is 13.1 Å². The van der Waals surface area contributed by atoms with Gasteiger partial charge in [0.1, 0.15) is 5.75 Å². The van der Waals surface area contributed by atoms with Crippen LogP contribution in [0, 0.1) is 6.92 Å². The maximum atomic E-state index is 9.51. The number of hydrogen-bond acceptors (Lipinski definition) is 1. The molecule has 3 heteroatoms. The van der Waals surface area contributed by atoms with Crippen molar-refractivity contribution >= 4 is 22.8 Å². The highest BCUT2D eigenvalue weighted by Gasteiger charge is 2.01. The summed E-state index contributed by atoms with van der Waals surface area (Å²) in [5, 5.41) is 9.51. The van der Waals surface area contributed by atoms with Gasteiger partial charge in [-0.25, -0.2) is 0 Å². The van der Waals surface area contributed by atoms with E-state index >= 15 is 0 Å². The van der Waals surface area contributed by atoms with Crippen molar-refractivity contribution in [3.63, 3.8) is 0 Å². The number of rotatable bonds is 2. The lowest BCUT2D eigenvalue weighted by molar-refractivity contribution is 0.466. The van der Waals surface area contributed by atoms with Gasteiger partial charge in [0.25, 0.3) is 0 Å². The van der Waals surface area contributed by atoms with Gasteiger partial charge < -0.3 is 5.11 Å². The molecule has 0 spiro atoms. The van der Waals surface area contributed by atoms with Crippen molar-refractivity contribution in [3.05, 3.63) is 29.3 Å². The molecule has 11 heavy (non-hydrogen) atoms. The van der Waals surface area contributed by atoms with E-state index in [0.29, 0.717) is 13.0 Å². The first-order chi connectivity index (χ1) is 5.25. The molecule has 0 aliphatic carbocycles. The van der Waals surface area contributed by atoms with Gasteiger partial charge in [-0.3, -0.25) is 0 Å². The van der Waals surface area contributed by atoms with Gasteiger partial charge in [-0.2, -0.15) is 0 Å². The minimum atomic E-state index is 0.444. The third-order valence-corrected chi connectivity index (χ3v) is 2.93.